The van der Waals surface area contributed by atoms with Gasteiger partial charge in [-0.3, -0.25) is 9.65 Å². The van der Waals surface area contributed by atoms with Gasteiger partial charge in [0.1, 0.15) is 0 Å². The Balaban J connectivity index is 2.69. The van der Waals surface area contributed by atoms with Crippen molar-refractivity contribution in [3.05, 3.63) is 30.3 Å². The molecule has 0 aromatic heterocycles. The maximum absolute atomic E-state index is 11.1. The van der Waals surface area contributed by atoms with E-state index >= 15 is 0 Å². The minimum atomic E-state index is -4.24. The molecule has 2 atom stereocenters. The first kappa shape index (κ1) is 11.4. The second kappa shape index (κ2) is 4.73. The van der Waals surface area contributed by atoms with E-state index in [1.54, 1.807) is 18.2 Å². The van der Waals surface area contributed by atoms with Gasteiger partial charge < -0.3 is 9.79 Å². The number of benzene rings is 1. The average Bonchev–Trinajstić information content (AvgIpc) is 2.02. The first-order valence-corrected chi connectivity index (χ1v) is 6.42. The van der Waals surface area contributed by atoms with Gasteiger partial charge in [0.25, 0.3) is 0 Å². The molecule has 0 aliphatic carbocycles. The molecule has 3 N–H and O–H groups in total. The highest BCUT2D eigenvalue weighted by atomic mass is 31.2. The number of rotatable bonds is 4. The third-order valence-electron chi connectivity index (χ3n) is 1.25. The van der Waals surface area contributed by atoms with Crippen LogP contribution in [0.25, 0.3) is 0 Å². The topological polar surface area (TPSA) is 95.9 Å². The average molecular weight is 237 g/mol. The molecule has 0 spiro atoms. The van der Waals surface area contributed by atoms with Crippen molar-refractivity contribution >= 4 is 21.7 Å². The Morgan fingerprint density at radius 1 is 1.36 bits per heavy atom. The fourth-order valence-corrected chi connectivity index (χ4v) is 2.31. The first-order valence-electron chi connectivity index (χ1n) is 3.58. The number of nitrogens with one attached hydrogen (secondary N) is 1. The van der Waals surface area contributed by atoms with Gasteiger partial charge in [0.15, 0.2) is 0 Å². The van der Waals surface area contributed by atoms with Crippen molar-refractivity contribution in [2.45, 2.75) is 0 Å². The Hall–Kier alpha value is -0.640. The van der Waals surface area contributed by atoms with Gasteiger partial charge in [-0.2, -0.15) is 0 Å². The molecule has 1 rings (SSSR count). The van der Waals surface area contributed by atoms with E-state index in [4.69, 9.17) is 9.79 Å². The summed E-state index contributed by atoms with van der Waals surface area (Å²) in [7, 11) is -7.67. The van der Waals surface area contributed by atoms with Crippen LogP contribution in [0.1, 0.15) is 0 Å². The number of para-hydroxylation sites is 1. The van der Waals surface area contributed by atoms with Gasteiger partial charge in [0.05, 0.1) is 0 Å². The molecule has 0 radical (unpaired) electrons. The summed E-state index contributed by atoms with van der Waals surface area (Å²) in [6, 6.07) is 8.07. The van der Waals surface area contributed by atoms with Crippen molar-refractivity contribution in [2.75, 3.05) is 5.09 Å². The lowest BCUT2D eigenvalue weighted by atomic mass is 10.3. The van der Waals surface area contributed by atoms with Crippen molar-refractivity contribution in [2.24, 2.45) is 0 Å². The maximum atomic E-state index is 11.1. The van der Waals surface area contributed by atoms with E-state index < -0.39 is 16.0 Å². The molecule has 1 aromatic rings. The predicted octanol–water partition coefficient (Wildman–Crippen LogP) is 1.60. The molecular weight excluding hydrogens is 228 g/mol. The lowest BCUT2D eigenvalue weighted by Gasteiger charge is -2.11. The minimum absolute atomic E-state index is 0.335. The zero-order chi connectivity index (χ0) is 10.6. The van der Waals surface area contributed by atoms with E-state index in [-0.39, 0.29) is 0 Å². The Kier molecular flexibility index (Phi) is 3.86. The summed E-state index contributed by atoms with van der Waals surface area (Å²) in [5.74, 6) is 0. The molecular formula is C6H9NO5P2. The Bertz CT molecular complexity index is 368. The SMILES string of the molecule is O=[PH](O)OP(=O)(O)Nc1ccccc1. The maximum Gasteiger partial charge on any atom is 0.437 e. The standard InChI is InChI=1S/C6H9NO5P2/c8-13(9)12-14(10,11)7-6-4-2-1-3-5-6/h1-5,13H,(H,8,9)(H2,7,10,11). The van der Waals surface area contributed by atoms with E-state index in [0.717, 1.165) is 0 Å². The van der Waals surface area contributed by atoms with Crippen molar-refractivity contribution < 1.29 is 23.2 Å². The van der Waals surface area contributed by atoms with Gasteiger partial charge in [-0.25, -0.2) is 8.88 Å². The molecule has 0 fully saturated rings. The van der Waals surface area contributed by atoms with Crippen molar-refractivity contribution in [3.63, 3.8) is 0 Å². The summed E-state index contributed by atoms with van der Waals surface area (Å²) in [5, 5.41) is 2.10. The number of hydrogen-bond donors (Lipinski definition) is 3. The molecule has 0 heterocycles. The molecule has 0 aliphatic heterocycles. The number of anilines is 1. The summed E-state index contributed by atoms with van der Waals surface area (Å²) >= 11 is 0. The summed E-state index contributed by atoms with van der Waals surface area (Å²) in [5.41, 5.74) is 0.335. The normalized spacial score (nSPS) is 17.0. The quantitative estimate of drug-likeness (QED) is 0.688. The van der Waals surface area contributed by atoms with Crippen LogP contribution in [-0.2, 0) is 13.4 Å². The van der Waals surface area contributed by atoms with Crippen LogP contribution >= 0.6 is 16.0 Å². The van der Waals surface area contributed by atoms with Crippen LogP contribution in [0, 0.1) is 0 Å². The molecule has 78 valence electrons. The second-order valence-electron chi connectivity index (χ2n) is 2.36. The highest BCUT2D eigenvalue weighted by molar-refractivity contribution is 7.60. The zero-order valence-corrected chi connectivity index (χ0v) is 8.85. The van der Waals surface area contributed by atoms with Crippen LogP contribution in [0.5, 0.6) is 0 Å². The molecule has 0 amide bonds. The summed E-state index contributed by atoms with van der Waals surface area (Å²) in [6.07, 6.45) is 0. The lowest BCUT2D eigenvalue weighted by Crippen LogP contribution is -1.96. The van der Waals surface area contributed by atoms with Crippen LogP contribution < -0.4 is 5.09 Å². The smallest absolute Gasteiger partial charge is 0.326 e. The van der Waals surface area contributed by atoms with Crippen molar-refractivity contribution in [1.82, 2.24) is 0 Å². The minimum Gasteiger partial charge on any atom is -0.326 e. The largest absolute Gasteiger partial charge is 0.437 e. The van der Waals surface area contributed by atoms with E-state index in [9.17, 15) is 9.13 Å². The van der Waals surface area contributed by atoms with Crippen LogP contribution in [0.2, 0.25) is 0 Å². The van der Waals surface area contributed by atoms with Gasteiger partial charge in [-0.05, 0) is 12.1 Å². The van der Waals surface area contributed by atoms with Gasteiger partial charge >= 0.3 is 16.0 Å². The van der Waals surface area contributed by atoms with Crippen LogP contribution in [0.3, 0.4) is 0 Å². The monoisotopic (exact) mass is 237 g/mol. The van der Waals surface area contributed by atoms with Gasteiger partial charge in [-0.15, -0.1) is 0 Å². The first-order chi connectivity index (χ1) is 6.49. The molecule has 1 aromatic carbocycles. The highest BCUT2D eigenvalue weighted by Gasteiger charge is 2.21. The Labute approximate surface area is 81.1 Å². The zero-order valence-electron chi connectivity index (χ0n) is 6.95. The summed E-state index contributed by atoms with van der Waals surface area (Å²) < 4.78 is 25.2. The van der Waals surface area contributed by atoms with E-state index in [2.05, 4.69) is 9.40 Å². The molecule has 0 bridgehead atoms. The molecule has 0 saturated heterocycles. The third kappa shape index (κ3) is 4.05. The van der Waals surface area contributed by atoms with E-state index in [1.165, 1.54) is 12.1 Å². The fourth-order valence-electron chi connectivity index (χ4n) is 0.805. The molecule has 6 nitrogen and oxygen atoms in total. The molecule has 0 saturated carbocycles. The summed E-state index contributed by atoms with van der Waals surface area (Å²) in [6.45, 7) is 0. The Morgan fingerprint density at radius 2 is 1.93 bits per heavy atom. The van der Waals surface area contributed by atoms with Gasteiger partial charge in [0, 0.05) is 5.69 Å². The molecule has 0 aliphatic rings. The second-order valence-corrected chi connectivity index (χ2v) is 4.88. The lowest BCUT2D eigenvalue weighted by molar-refractivity contribution is 0.355. The predicted molar refractivity (Wildman–Crippen MR) is 52.2 cm³/mol. The Morgan fingerprint density at radius 3 is 2.43 bits per heavy atom. The fraction of sp³-hybridized carbons (Fsp3) is 0. The van der Waals surface area contributed by atoms with E-state index in [1.807, 2.05) is 0 Å². The van der Waals surface area contributed by atoms with Crippen LogP contribution in [0.15, 0.2) is 30.3 Å². The van der Waals surface area contributed by atoms with Crippen LogP contribution in [0.4, 0.5) is 5.69 Å². The van der Waals surface area contributed by atoms with Crippen molar-refractivity contribution in [1.29, 1.82) is 0 Å². The van der Waals surface area contributed by atoms with Crippen LogP contribution in [-0.4, -0.2) is 9.79 Å². The van der Waals surface area contributed by atoms with Gasteiger partial charge in [0.2, 0.25) is 0 Å². The van der Waals surface area contributed by atoms with Crippen molar-refractivity contribution in [3.8, 4) is 0 Å². The molecule has 14 heavy (non-hydrogen) atoms. The van der Waals surface area contributed by atoms with E-state index in [0.29, 0.717) is 5.69 Å². The highest BCUT2D eigenvalue weighted by Crippen LogP contribution is 2.49. The number of hydrogen-bond acceptors (Lipinski definition) is 3. The molecule has 2 unspecified atom stereocenters. The molecule has 8 heteroatoms. The third-order valence-corrected chi connectivity index (χ3v) is 3.40. The van der Waals surface area contributed by atoms with Gasteiger partial charge in [-0.1, -0.05) is 18.2 Å². The summed E-state index contributed by atoms with van der Waals surface area (Å²) in [4.78, 5) is 17.3.